The number of pyridine rings is 2. The lowest BCUT2D eigenvalue weighted by Gasteiger charge is -2.30. The molecule has 0 saturated carbocycles. The number of hydrogen-bond donors (Lipinski definition) is 2. The number of nitrogens with one attached hydrogen (secondary N) is 1. The minimum Gasteiger partial charge on any atom is -0.481 e. The lowest BCUT2D eigenvalue weighted by molar-refractivity contribution is -0.149. The maximum Gasteiger partial charge on any atom is 0.303 e. The summed E-state index contributed by atoms with van der Waals surface area (Å²) in [5.41, 5.74) is 1.73. The Labute approximate surface area is 201 Å². The first-order chi connectivity index (χ1) is 16.5. The van der Waals surface area contributed by atoms with Crippen LogP contribution in [0.1, 0.15) is 31.7 Å². The minimum atomic E-state index is -0.754. The molecule has 2 saturated heterocycles. The molecule has 0 bridgehead atoms. The van der Waals surface area contributed by atoms with Crippen molar-refractivity contribution in [2.75, 3.05) is 36.5 Å². The Balaban J connectivity index is 1.27. The van der Waals surface area contributed by atoms with Gasteiger partial charge in [0.05, 0.1) is 23.8 Å². The summed E-state index contributed by atoms with van der Waals surface area (Å²) >= 11 is 1.60. The van der Waals surface area contributed by atoms with E-state index in [1.807, 2.05) is 43.5 Å². The van der Waals surface area contributed by atoms with E-state index in [0.717, 1.165) is 47.2 Å². The van der Waals surface area contributed by atoms with Gasteiger partial charge in [-0.05, 0) is 49.9 Å². The second-order valence-corrected chi connectivity index (χ2v) is 9.65. The number of aliphatic carboxylic acids is 1. The fourth-order valence-electron chi connectivity index (χ4n) is 4.34. The molecule has 0 radical (unpaired) electrons. The van der Waals surface area contributed by atoms with Gasteiger partial charge in [0.2, 0.25) is 0 Å². The van der Waals surface area contributed by atoms with Crippen LogP contribution in [0.2, 0.25) is 0 Å². The Morgan fingerprint density at radius 1 is 1.21 bits per heavy atom. The van der Waals surface area contributed by atoms with Gasteiger partial charge >= 0.3 is 5.97 Å². The zero-order valence-corrected chi connectivity index (χ0v) is 19.8. The molecule has 2 aliphatic rings. The van der Waals surface area contributed by atoms with Gasteiger partial charge in [-0.2, -0.15) is 0 Å². The largest absolute Gasteiger partial charge is 0.481 e. The molecule has 5 rings (SSSR count). The van der Waals surface area contributed by atoms with E-state index in [4.69, 9.17) is 19.6 Å². The summed E-state index contributed by atoms with van der Waals surface area (Å²) in [4.78, 5) is 28.0. The number of nitrogens with zero attached hydrogens (tertiary/aromatic N) is 4. The normalized spacial score (nSPS) is 18.2. The van der Waals surface area contributed by atoms with E-state index < -0.39 is 11.8 Å². The van der Waals surface area contributed by atoms with Gasteiger partial charge in [-0.15, -0.1) is 0 Å². The van der Waals surface area contributed by atoms with Crippen molar-refractivity contribution in [1.29, 1.82) is 0 Å². The van der Waals surface area contributed by atoms with Gasteiger partial charge in [-0.3, -0.25) is 4.79 Å². The molecule has 2 aliphatic heterocycles. The number of anilines is 3. The zero-order chi connectivity index (χ0) is 23.5. The number of hydrogen-bond acceptors (Lipinski definition) is 9. The summed E-state index contributed by atoms with van der Waals surface area (Å²) in [6.45, 7) is 4.71. The molecule has 0 aliphatic carbocycles. The molecule has 10 heteroatoms. The fraction of sp³-hybridized carbons (Fsp3) is 0.417. The number of piperidine rings is 1. The third-order valence-corrected chi connectivity index (χ3v) is 7.30. The first kappa shape index (κ1) is 22.7. The zero-order valence-electron chi connectivity index (χ0n) is 18.9. The molecule has 0 amide bonds. The van der Waals surface area contributed by atoms with E-state index in [1.54, 1.807) is 17.5 Å². The third kappa shape index (κ3) is 5.03. The van der Waals surface area contributed by atoms with Crippen LogP contribution < -0.4 is 10.2 Å². The molecule has 34 heavy (non-hydrogen) atoms. The van der Waals surface area contributed by atoms with Crippen molar-refractivity contribution in [3.63, 3.8) is 0 Å². The average molecular weight is 482 g/mol. The van der Waals surface area contributed by atoms with Crippen molar-refractivity contribution in [2.24, 2.45) is 5.92 Å². The molecule has 178 valence electrons. The SMILES string of the molecule is CC1(c2ccnc(Nc3cccc(-c4cnc(N5CCC(CC(=O)O)CC5)s4)n3)c2)OCCO1. The van der Waals surface area contributed by atoms with Gasteiger partial charge in [-0.25, -0.2) is 15.0 Å². The summed E-state index contributed by atoms with van der Waals surface area (Å²) in [5, 5.41) is 13.2. The van der Waals surface area contributed by atoms with Crippen molar-refractivity contribution >= 4 is 34.1 Å². The molecule has 0 aromatic carbocycles. The number of carbonyl (C=O) groups is 1. The molecule has 9 nitrogen and oxygen atoms in total. The standard InChI is InChI=1S/C24H27N5O4S/c1-24(32-11-12-33-24)17-5-8-25-21(14-17)28-20-4-2-3-18(27-20)19-15-26-23(34-19)29-9-6-16(7-10-29)13-22(30)31/h2-5,8,14-16H,6-7,9-13H2,1H3,(H,30,31)(H,25,27,28). The average Bonchev–Trinajstić information content (AvgIpc) is 3.50. The van der Waals surface area contributed by atoms with Crippen molar-refractivity contribution < 1.29 is 19.4 Å². The summed E-state index contributed by atoms with van der Waals surface area (Å²) in [6, 6.07) is 9.63. The third-order valence-electron chi connectivity index (χ3n) is 6.22. The Hall–Kier alpha value is -3.08. The highest BCUT2D eigenvalue weighted by Crippen LogP contribution is 2.34. The Morgan fingerprint density at radius 3 is 2.76 bits per heavy atom. The van der Waals surface area contributed by atoms with E-state index in [-0.39, 0.29) is 12.3 Å². The molecule has 0 spiro atoms. The summed E-state index contributed by atoms with van der Waals surface area (Å²) in [6.07, 6.45) is 5.58. The number of rotatable bonds is 7. The summed E-state index contributed by atoms with van der Waals surface area (Å²) in [7, 11) is 0. The highest BCUT2D eigenvalue weighted by Gasteiger charge is 2.33. The first-order valence-corrected chi connectivity index (χ1v) is 12.2. The number of thiazole rings is 1. The topological polar surface area (TPSA) is 110 Å². The van der Waals surface area contributed by atoms with Crippen LogP contribution in [0.5, 0.6) is 0 Å². The second-order valence-electron chi connectivity index (χ2n) is 8.64. The van der Waals surface area contributed by atoms with Gasteiger partial charge in [-0.1, -0.05) is 17.4 Å². The molecule has 3 aromatic heterocycles. The van der Waals surface area contributed by atoms with Gasteiger partial charge in [0.25, 0.3) is 0 Å². The predicted molar refractivity (Wildman–Crippen MR) is 129 cm³/mol. The number of aromatic nitrogens is 3. The van der Waals surface area contributed by atoms with Crippen LogP contribution in [0.15, 0.2) is 42.7 Å². The van der Waals surface area contributed by atoms with Gasteiger partial charge in [0.1, 0.15) is 11.6 Å². The van der Waals surface area contributed by atoms with E-state index in [0.29, 0.717) is 24.8 Å². The van der Waals surface area contributed by atoms with Crippen LogP contribution in [0.4, 0.5) is 16.8 Å². The monoisotopic (exact) mass is 481 g/mol. The van der Waals surface area contributed by atoms with Crippen LogP contribution in [0, 0.1) is 5.92 Å². The molecule has 2 N–H and O–H groups in total. The van der Waals surface area contributed by atoms with Crippen molar-refractivity contribution in [1.82, 2.24) is 15.0 Å². The second kappa shape index (κ2) is 9.65. The van der Waals surface area contributed by atoms with Crippen LogP contribution in [0.3, 0.4) is 0 Å². The quantitative estimate of drug-likeness (QED) is 0.512. The van der Waals surface area contributed by atoms with Crippen molar-refractivity contribution in [3.8, 4) is 10.6 Å². The molecule has 3 aromatic rings. The molecular weight excluding hydrogens is 454 g/mol. The Bertz CT molecular complexity index is 1160. The molecule has 5 heterocycles. The van der Waals surface area contributed by atoms with E-state index >= 15 is 0 Å². The smallest absolute Gasteiger partial charge is 0.303 e. The Kier molecular flexibility index (Phi) is 6.44. The Morgan fingerprint density at radius 2 is 2.00 bits per heavy atom. The van der Waals surface area contributed by atoms with Gasteiger partial charge in [0, 0.05) is 37.5 Å². The molecule has 2 fully saturated rings. The number of ether oxygens (including phenoxy) is 2. The van der Waals surface area contributed by atoms with Crippen LogP contribution in [0.25, 0.3) is 10.6 Å². The van der Waals surface area contributed by atoms with Crippen molar-refractivity contribution in [2.45, 2.75) is 32.0 Å². The number of carboxylic acids is 1. The van der Waals surface area contributed by atoms with E-state index in [2.05, 4.69) is 20.2 Å². The summed E-state index contributed by atoms with van der Waals surface area (Å²) < 4.78 is 11.5. The molecule has 0 atom stereocenters. The van der Waals surface area contributed by atoms with Gasteiger partial charge < -0.3 is 24.8 Å². The van der Waals surface area contributed by atoms with Crippen LogP contribution in [-0.2, 0) is 20.1 Å². The maximum atomic E-state index is 11.0. The van der Waals surface area contributed by atoms with Crippen LogP contribution >= 0.6 is 11.3 Å². The number of carboxylic acid groups (broad SMARTS) is 1. The lowest BCUT2D eigenvalue weighted by atomic mass is 9.94. The van der Waals surface area contributed by atoms with Crippen molar-refractivity contribution in [3.05, 3.63) is 48.3 Å². The molecular formula is C24H27N5O4S. The summed E-state index contributed by atoms with van der Waals surface area (Å²) in [5.74, 6) is 0.127. The fourth-order valence-corrected chi connectivity index (χ4v) is 5.28. The lowest BCUT2D eigenvalue weighted by Crippen LogP contribution is -2.34. The van der Waals surface area contributed by atoms with Gasteiger partial charge in [0.15, 0.2) is 10.9 Å². The molecule has 0 unspecified atom stereocenters. The predicted octanol–water partition coefficient (Wildman–Crippen LogP) is 4.25. The van der Waals surface area contributed by atoms with Crippen LogP contribution in [-0.4, -0.2) is 52.3 Å². The first-order valence-electron chi connectivity index (χ1n) is 11.4. The highest BCUT2D eigenvalue weighted by molar-refractivity contribution is 7.18. The van der Waals surface area contributed by atoms with E-state index in [9.17, 15) is 4.79 Å². The highest BCUT2D eigenvalue weighted by atomic mass is 32.1. The van der Waals surface area contributed by atoms with E-state index in [1.165, 1.54) is 0 Å². The maximum absolute atomic E-state index is 11.0. The minimum absolute atomic E-state index is 0.248.